The molecule has 19 heavy (non-hydrogen) atoms. The molecule has 0 amide bonds. The lowest BCUT2D eigenvalue weighted by molar-refractivity contribution is 0.0601. The Bertz CT molecular complexity index is 541. The molecule has 0 spiro atoms. The van der Waals surface area contributed by atoms with Crippen LogP contribution < -0.4 is 5.46 Å². The molecule has 0 atom stereocenters. The molecular weight excluding hydrogens is 266 g/mol. The Morgan fingerprint density at radius 2 is 2.16 bits per heavy atom. The minimum atomic E-state index is -0.594. The second-order valence-electron chi connectivity index (χ2n) is 4.73. The van der Waals surface area contributed by atoms with Gasteiger partial charge in [0.1, 0.15) is 5.60 Å². The summed E-state index contributed by atoms with van der Waals surface area (Å²) in [5.74, 6) is 0.0509. The van der Waals surface area contributed by atoms with Crippen molar-refractivity contribution >= 4 is 30.2 Å². The van der Waals surface area contributed by atoms with Gasteiger partial charge in [-0.05, 0) is 31.4 Å². The number of ether oxygens (including phenoxy) is 1. The second kappa shape index (κ2) is 4.91. The first-order valence-corrected chi connectivity index (χ1v) is 6.14. The fraction of sp³-hybridized carbons (Fsp3) is 0.308. The number of esters is 1. The lowest BCUT2D eigenvalue weighted by Crippen LogP contribution is -2.35. The number of carbonyl (C=O) groups is 1. The standard InChI is InChI=1S/C13H14BClO4/c1-8-13(2,3)19-14(18-8)9-5-6-11(15)10(7-9)12(16)17-4/h5-7H,1H2,2-4H3. The van der Waals surface area contributed by atoms with Crippen molar-refractivity contribution in [1.82, 2.24) is 0 Å². The van der Waals surface area contributed by atoms with Crippen LogP contribution in [0.3, 0.4) is 0 Å². The normalized spacial score (nSPS) is 17.3. The van der Waals surface area contributed by atoms with Gasteiger partial charge in [-0.3, -0.25) is 0 Å². The monoisotopic (exact) mass is 280 g/mol. The summed E-state index contributed by atoms with van der Waals surface area (Å²) in [5.41, 5.74) is 0.413. The van der Waals surface area contributed by atoms with Crippen molar-refractivity contribution in [3.8, 4) is 0 Å². The summed E-state index contributed by atoms with van der Waals surface area (Å²) >= 11 is 5.96. The Morgan fingerprint density at radius 3 is 2.68 bits per heavy atom. The highest BCUT2D eigenvalue weighted by Crippen LogP contribution is 2.29. The molecular formula is C13H14BClO4. The van der Waals surface area contributed by atoms with Crippen LogP contribution in [0.15, 0.2) is 30.5 Å². The molecule has 1 fully saturated rings. The van der Waals surface area contributed by atoms with Gasteiger partial charge in [-0.1, -0.05) is 24.2 Å². The molecule has 1 heterocycles. The molecule has 2 rings (SSSR count). The van der Waals surface area contributed by atoms with Gasteiger partial charge < -0.3 is 14.0 Å². The molecule has 1 aliphatic rings. The molecule has 1 aliphatic heterocycles. The number of carbonyl (C=O) groups excluding carboxylic acids is 1. The third-order valence-electron chi connectivity index (χ3n) is 2.99. The van der Waals surface area contributed by atoms with Crippen LogP contribution in [0.2, 0.25) is 5.02 Å². The Morgan fingerprint density at radius 1 is 1.47 bits per heavy atom. The fourth-order valence-electron chi connectivity index (χ4n) is 1.72. The minimum absolute atomic E-state index is 0.282. The molecule has 0 saturated carbocycles. The molecule has 1 saturated heterocycles. The highest BCUT2D eigenvalue weighted by molar-refractivity contribution is 6.62. The van der Waals surface area contributed by atoms with Crippen LogP contribution >= 0.6 is 11.6 Å². The molecule has 1 aromatic rings. The maximum Gasteiger partial charge on any atom is 0.563 e. The third kappa shape index (κ3) is 2.62. The minimum Gasteiger partial charge on any atom is -0.534 e. The van der Waals surface area contributed by atoms with Crippen molar-refractivity contribution in [3.63, 3.8) is 0 Å². The SMILES string of the molecule is C=C1OB(c2ccc(Cl)c(C(=O)OC)c2)OC1(C)C. The quantitative estimate of drug-likeness (QED) is 0.615. The molecule has 0 aliphatic carbocycles. The Kier molecular flexibility index (Phi) is 3.61. The summed E-state index contributed by atoms with van der Waals surface area (Å²) in [7, 11) is 0.710. The summed E-state index contributed by atoms with van der Waals surface area (Å²) < 4.78 is 16.0. The number of benzene rings is 1. The van der Waals surface area contributed by atoms with Gasteiger partial charge in [-0.25, -0.2) is 4.79 Å². The second-order valence-corrected chi connectivity index (χ2v) is 5.14. The van der Waals surface area contributed by atoms with Crippen molar-refractivity contribution in [1.29, 1.82) is 0 Å². The fourth-order valence-corrected chi connectivity index (χ4v) is 1.92. The van der Waals surface area contributed by atoms with E-state index in [1.54, 1.807) is 18.2 Å². The van der Waals surface area contributed by atoms with Gasteiger partial charge in [-0.15, -0.1) is 0 Å². The smallest absolute Gasteiger partial charge is 0.534 e. The molecule has 4 nitrogen and oxygen atoms in total. The molecule has 0 bridgehead atoms. The zero-order valence-corrected chi connectivity index (χ0v) is 11.8. The van der Waals surface area contributed by atoms with Crippen LogP contribution in [0, 0.1) is 0 Å². The van der Waals surface area contributed by atoms with Crippen molar-refractivity contribution in [2.75, 3.05) is 7.11 Å². The van der Waals surface area contributed by atoms with E-state index in [1.807, 2.05) is 13.8 Å². The summed E-state index contributed by atoms with van der Waals surface area (Å²) in [6.45, 7) is 7.54. The van der Waals surface area contributed by atoms with Crippen LogP contribution in [0.25, 0.3) is 0 Å². The summed E-state index contributed by atoms with van der Waals surface area (Å²) in [4.78, 5) is 11.6. The predicted octanol–water partition coefficient (Wildman–Crippen LogP) is 2.16. The molecule has 0 radical (unpaired) electrons. The Hall–Kier alpha value is -1.46. The van der Waals surface area contributed by atoms with Gasteiger partial charge in [0.2, 0.25) is 0 Å². The molecule has 0 aromatic heterocycles. The Balaban J connectivity index is 2.33. The van der Waals surface area contributed by atoms with E-state index in [9.17, 15) is 4.79 Å². The van der Waals surface area contributed by atoms with E-state index in [-0.39, 0.29) is 5.56 Å². The van der Waals surface area contributed by atoms with Crippen LogP contribution in [0.1, 0.15) is 24.2 Å². The van der Waals surface area contributed by atoms with Gasteiger partial charge in [0.15, 0.2) is 0 Å². The number of hydrogen-bond acceptors (Lipinski definition) is 4. The first-order chi connectivity index (χ1) is 8.85. The first-order valence-electron chi connectivity index (χ1n) is 5.77. The maximum absolute atomic E-state index is 11.6. The molecule has 6 heteroatoms. The van der Waals surface area contributed by atoms with Crippen molar-refractivity contribution in [2.45, 2.75) is 19.4 Å². The average Bonchev–Trinajstić information content (AvgIpc) is 2.63. The summed E-state index contributed by atoms with van der Waals surface area (Å²) in [5, 5.41) is 0.326. The number of rotatable bonds is 2. The molecule has 100 valence electrons. The lowest BCUT2D eigenvalue weighted by atomic mass is 9.78. The summed E-state index contributed by atoms with van der Waals surface area (Å²) in [6, 6.07) is 4.96. The van der Waals surface area contributed by atoms with Crippen LogP contribution in [-0.2, 0) is 14.0 Å². The van der Waals surface area contributed by atoms with E-state index in [4.69, 9.17) is 20.9 Å². The number of halogens is 1. The van der Waals surface area contributed by atoms with Crippen LogP contribution in [0.4, 0.5) is 0 Å². The largest absolute Gasteiger partial charge is 0.563 e. The third-order valence-corrected chi connectivity index (χ3v) is 3.32. The Labute approximate surface area is 117 Å². The number of methoxy groups -OCH3 is 1. The molecule has 1 aromatic carbocycles. The first kappa shape index (κ1) is 14.0. The highest BCUT2D eigenvalue weighted by atomic mass is 35.5. The zero-order valence-electron chi connectivity index (χ0n) is 11.0. The van der Waals surface area contributed by atoms with Crippen molar-refractivity contribution in [3.05, 3.63) is 41.1 Å². The van der Waals surface area contributed by atoms with E-state index < -0.39 is 18.7 Å². The van der Waals surface area contributed by atoms with E-state index in [1.165, 1.54) is 7.11 Å². The summed E-state index contributed by atoms with van der Waals surface area (Å²) in [6.07, 6.45) is 0. The van der Waals surface area contributed by atoms with Gasteiger partial charge in [0.25, 0.3) is 0 Å². The number of hydrogen-bond donors (Lipinski definition) is 0. The van der Waals surface area contributed by atoms with Crippen molar-refractivity contribution in [2.24, 2.45) is 0 Å². The van der Waals surface area contributed by atoms with E-state index in [0.717, 1.165) is 0 Å². The van der Waals surface area contributed by atoms with Crippen LogP contribution in [0.5, 0.6) is 0 Å². The van der Waals surface area contributed by atoms with Gasteiger partial charge in [0, 0.05) is 0 Å². The molecule has 0 unspecified atom stereocenters. The van der Waals surface area contributed by atoms with E-state index >= 15 is 0 Å². The zero-order chi connectivity index (χ0) is 14.2. The predicted molar refractivity (Wildman–Crippen MR) is 73.6 cm³/mol. The maximum atomic E-state index is 11.6. The van der Waals surface area contributed by atoms with Crippen LogP contribution in [-0.4, -0.2) is 25.8 Å². The highest BCUT2D eigenvalue weighted by Gasteiger charge is 2.43. The van der Waals surface area contributed by atoms with Gasteiger partial charge in [-0.2, -0.15) is 0 Å². The lowest BCUT2D eigenvalue weighted by Gasteiger charge is -2.15. The van der Waals surface area contributed by atoms with E-state index in [2.05, 4.69) is 11.3 Å². The van der Waals surface area contributed by atoms with E-state index in [0.29, 0.717) is 16.2 Å². The van der Waals surface area contributed by atoms with Gasteiger partial charge >= 0.3 is 13.1 Å². The van der Waals surface area contributed by atoms with Crippen molar-refractivity contribution < 1.29 is 18.8 Å². The topological polar surface area (TPSA) is 44.8 Å². The average molecular weight is 281 g/mol. The van der Waals surface area contributed by atoms with Gasteiger partial charge in [0.05, 0.1) is 23.5 Å². The molecule has 0 N–H and O–H groups in total.